The zero-order chi connectivity index (χ0) is 19.8. The molecule has 0 aliphatic heterocycles. The molecule has 3 aromatic rings. The molecule has 1 amide bonds. The van der Waals surface area contributed by atoms with Gasteiger partial charge >= 0.3 is 5.97 Å². The van der Waals surface area contributed by atoms with E-state index in [9.17, 15) is 9.59 Å². The van der Waals surface area contributed by atoms with Gasteiger partial charge in [-0.15, -0.1) is 0 Å². The second kappa shape index (κ2) is 9.53. The molecule has 0 aliphatic rings. The lowest BCUT2D eigenvalue weighted by Gasteiger charge is -2.17. The van der Waals surface area contributed by atoms with Crippen molar-refractivity contribution in [3.05, 3.63) is 89.9 Å². The van der Waals surface area contributed by atoms with Crippen molar-refractivity contribution in [1.29, 1.82) is 0 Å². The molecule has 0 saturated carbocycles. The summed E-state index contributed by atoms with van der Waals surface area (Å²) in [6.45, 7) is 2.17. The number of amides is 1. The van der Waals surface area contributed by atoms with Crippen molar-refractivity contribution in [1.82, 2.24) is 5.32 Å². The van der Waals surface area contributed by atoms with Crippen LogP contribution in [0.2, 0.25) is 0 Å². The maximum absolute atomic E-state index is 12.3. The average Bonchev–Trinajstić information content (AvgIpc) is 3.24. The van der Waals surface area contributed by atoms with E-state index >= 15 is 0 Å². The maximum Gasteiger partial charge on any atom is 0.338 e. The summed E-state index contributed by atoms with van der Waals surface area (Å²) in [7, 11) is 0. The number of rotatable bonds is 8. The summed E-state index contributed by atoms with van der Waals surface area (Å²) in [6.07, 6.45) is 1.61. The number of benzene rings is 2. The van der Waals surface area contributed by atoms with Crippen molar-refractivity contribution >= 4 is 17.6 Å². The van der Waals surface area contributed by atoms with E-state index < -0.39 is 0 Å². The molecule has 6 nitrogen and oxygen atoms in total. The molecule has 1 aromatic heterocycles. The predicted molar refractivity (Wildman–Crippen MR) is 106 cm³/mol. The van der Waals surface area contributed by atoms with Crippen LogP contribution in [-0.4, -0.2) is 25.0 Å². The Kier molecular flexibility index (Phi) is 6.59. The second-order valence-corrected chi connectivity index (χ2v) is 6.09. The molecule has 6 heteroatoms. The SMILES string of the molecule is CCOC(=O)c1ccc(NC(=O)CN[C@@H](c2ccccc2)c2ccco2)cc1. The summed E-state index contributed by atoms with van der Waals surface area (Å²) >= 11 is 0. The molecular weight excluding hydrogens is 356 g/mol. The predicted octanol–water partition coefficient (Wildman–Crippen LogP) is 3.77. The zero-order valence-electron chi connectivity index (χ0n) is 15.6. The van der Waals surface area contributed by atoms with Gasteiger partial charge in [0.25, 0.3) is 0 Å². The van der Waals surface area contributed by atoms with Crippen LogP contribution >= 0.6 is 0 Å². The fraction of sp³-hybridized carbons (Fsp3) is 0.182. The molecule has 0 unspecified atom stereocenters. The Labute approximate surface area is 163 Å². The topological polar surface area (TPSA) is 80.6 Å². The van der Waals surface area contributed by atoms with Crippen LogP contribution in [0.4, 0.5) is 5.69 Å². The van der Waals surface area contributed by atoms with E-state index in [1.54, 1.807) is 37.5 Å². The monoisotopic (exact) mass is 378 g/mol. The summed E-state index contributed by atoms with van der Waals surface area (Å²) in [6, 6.07) is 19.8. The Morgan fingerprint density at radius 1 is 1.00 bits per heavy atom. The van der Waals surface area contributed by atoms with E-state index in [2.05, 4.69) is 10.6 Å². The number of carbonyl (C=O) groups excluding carboxylic acids is 2. The van der Waals surface area contributed by atoms with Crippen molar-refractivity contribution < 1.29 is 18.7 Å². The van der Waals surface area contributed by atoms with Crippen molar-refractivity contribution in [2.75, 3.05) is 18.5 Å². The Hall–Kier alpha value is -3.38. The molecule has 0 saturated heterocycles. The standard InChI is InChI=1S/C22H22N2O4/c1-2-27-22(26)17-10-12-18(13-11-17)24-20(25)15-23-21(19-9-6-14-28-19)16-7-4-3-5-8-16/h3-14,21,23H,2,15H2,1H3,(H,24,25)/t21-/m0/s1. The lowest BCUT2D eigenvalue weighted by atomic mass is 10.0. The first-order valence-corrected chi connectivity index (χ1v) is 9.06. The zero-order valence-corrected chi connectivity index (χ0v) is 15.6. The second-order valence-electron chi connectivity index (χ2n) is 6.09. The molecule has 3 rings (SSSR count). The van der Waals surface area contributed by atoms with Crippen molar-refractivity contribution in [3.63, 3.8) is 0 Å². The van der Waals surface area contributed by atoms with Crippen molar-refractivity contribution in [3.8, 4) is 0 Å². The first kappa shape index (κ1) is 19.4. The molecule has 144 valence electrons. The fourth-order valence-corrected chi connectivity index (χ4v) is 2.79. The molecule has 1 heterocycles. The van der Waals surface area contributed by atoms with Gasteiger partial charge in [-0.05, 0) is 48.9 Å². The number of hydrogen-bond donors (Lipinski definition) is 2. The Balaban J connectivity index is 1.60. The van der Waals surface area contributed by atoms with Crippen LogP contribution in [0.5, 0.6) is 0 Å². The van der Waals surface area contributed by atoms with E-state index in [1.165, 1.54) is 0 Å². The van der Waals surface area contributed by atoms with E-state index in [1.807, 2.05) is 42.5 Å². The highest BCUT2D eigenvalue weighted by Crippen LogP contribution is 2.22. The number of esters is 1. The molecule has 2 aromatic carbocycles. The lowest BCUT2D eigenvalue weighted by Crippen LogP contribution is -2.31. The van der Waals surface area contributed by atoms with Crippen molar-refractivity contribution in [2.45, 2.75) is 13.0 Å². The van der Waals surface area contributed by atoms with Crippen molar-refractivity contribution in [2.24, 2.45) is 0 Å². The summed E-state index contributed by atoms with van der Waals surface area (Å²) in [5.41, 5.74) is 2.05. The minimum atomic E-state index is -0.383. The summed E-state index contributed by atoms with van der Waals surface area (Å²) in [5.74, 6) is 0.153. The molecule has 0 radical (unpaired) electrons. The van der Waals surface area contributed by atoms with Crippen LogP contribution in [0.1, 0.15) is 34.6 Å². The number of furan rings is 1. The third-order valence-electron chi connectivity index (χ3n) is 4.11. The molecule has 2 N–H and O–H groups in total. The molecule has 0 aliphatic carbocycles. The summed E-state index contributed by atoms with van der Waals surface area (Å²) < 4.78 is 10.5. The largest absolute Gasteiger partial charge is 0.467 e. The van der Waals surface area contributed by atoms with Gasteiger partial charge < -0.3 is 14.5 Å². The van der Waals surface area contributed by atoms with Crippen LogP contribution < -0.4 is 10.6 Å². The van der Waals surface area contributed by atoms with Crippen LogP contribution in [0.25, 0.3) is 0 Å². The van der Waals surface area contributed by atoms with Gasteiger partial charge in [0, 0.05) is 5.69 Å². The summed E-state index contributed by atoms with van der Waals surface area (Å²) in [5, 5.41) is 6.03. The number of anilines is 1. The normalized spacial score (nSPS) is 11.6. The highest BCUT2D eigenvalue weighted by Gasteiger charge is 2.17. The van der Waals surface area contributed by atoms with Gasteiger partial charge in [0.05, 0.1) is 31.0 Å². The molecule has 0 fully saturated rings. The number of hydrogen-bond acceptors (Lipinski definition) is 5. The van der Waals surface area contributed by atoms with Crippen LogP contribution in [0.3, 0.4) is 0 Å². The van der Waals surface area contributed by atoms with E-state index in [-0.39, 0.29) is 24.5 Å². The van der Waals surface area contributed by atoms with Gasteiger partial charge in [-0.25, -0.2) is 4.79 Å². The minimum absolute atomic E-state index is 0.0971. The van der Waals surface area contributed by atoms with Crippen LogP contribution in [-0.2, 0) is 9.53 Å². The highest BCUT2D eigenvalue weighted by atomic mass is 16.5. The molecule has 28 heavy (non-hydrogen) atoms. The number of ether oxygens (including phenoxy) is 1. The average molecular weight is 378 g/mol. The molecule has 1 atom stereocenters. The number of carbonyl (C=O) groups is 2. The number of nitrogens with one attached hydrogen (secondary N) is 2. The fourth-order valence-electron chi connectivity index (χ4n) is 2.79. The van der Waals surface area contributed by atoms with Gasteiger partial charge in [0.2, 0.25) is 5.91 Å². The van der Waals surface area contributed by atoms with E-state index in [0.717, 1.165) is 11.3 Å². The molecule has 0 spiro atoms. The lowest BCUT2D eigenvalue weighted by molar-refractivity contribution is -0.115. The smallest absolute Gasteiger partial charge is 0.338 e. The Bertz CT molecular complexity index is 890. The molecule has 0 bridgehead atoms. The van der Waals surface area contributed by atoms with Crippen LogP contribution in [0.15, 0.2) is 77.4 Å². The van der Waals surface area contributed by atoms with Gasteiger partial charge in [0.1, 0.15) is 5.76 Å². The molecular formula is C22H22N2O4. The van der Waals surface area contributed by atoms with E-state index in [4.69, 9.17) is 9.15 Å². The third-order valence-corrected chi connectivity index (χ3v) is 4.11. The summed E-state index contributed by atoms with van der Waals surface area (Å²) in [4.78, 5) is 24.0. The Morgan fingerprint density at radius 3 is 2.39 bits per heavy atom. The first-order chi connectivity index (χ1) is 13.7. The van der Waals surface area contributed by atoms with Gasteiger partial charge in [0.15, 0.2) is 0 Å². The Morgan fingerprint density at radius 2 is 1.75 bits per heavy atom. The van der Waals surface area contributed by atoms with Gasteiger partial charge in [-0.1, -0.05) is 30.3 Å². The van der Waals surface area contributed by atoms with E-state index in [0.29, 0.717) is 17.9 Å². The third kappa shape index (κ3) is 5.08. The quantitative estimate of drug-likeness (QED) is 0.583. The minimum Gasteiger partial charge on any atom is -0.467 e. The highest BCUT2D eigenvalue weighted by molar-refractivity contribution is 5.94. The maximum atomic E-state index is 12.3. The van der Waals surface area contributed by atoms with Gasteiger partial charge in [-0.2, -0.15) is 0 Å². The first-order valence-electron chi connectivity index (χ1n) is 9.06. The van der Waals surface area contributed by atoms with Crippen LogP contribution in [0, 0.1) is 0 Å². The van der Waals surface area contributed by atoms with Gasteiger partial charge in [-0.3, -0.25) is 10.1 Å².